The van der Waals surface area contributed by atoms with Crippen molar-refractivity contribution < 1.29 is 14.6 Å². The van der Waals surface area contributed by atoms with Gasteiger partial charge in [0.1, 0.15) is 5.75 Å². The standard InChI is InChI=1S/C24H40N4O3.HI/c1-3-25-23(27-18-24(11-15-29)12-16-31-19-24)26-17-21(28-13-7-4-8-14-28)20-9-5-6-10-22(20)30-2;/h5-6,9-10,21,29H,3-4,7-8,11-19H2,1-2H3,(H2,25,26,27);1H. The van der Waals surface area contributed by atoms with Crippen LogP contribution in [0.5, 0.6) is 5.75 Å². The van der Waals surface area contributed by atoms with Crippen LogP contribution in [-0.2, 0) is 4.74 Å². The van der Waals surface area contributed by atoms with Gasteiger partial charge in [0.2, 0.25) is 0 Å². The molecule has 0 aromatic heterocycles. The van der Waals surface area contributed by atoms with Crippen LogP contribution in [0.15, 0.2) is 29.3 Å². The van der Waals surface area contributed by atoms with Gasteiger partial charge in [-0.2, -0.15) is 0 Å². The van der Waals surface area contributed by atoms with Crippen LogP contribution in [-0.4, -0.2) is 75.6 Å². The van der Waals surface area contributed by atoms with E-state index in [9.17, 15) is 5.11 Å². The van der Waals surface area contributed by atoms with Crippen molar-refractivity contribution in [3.8, 4) is 5.75 Å². The second-order valence-electron chi connectivity index (χ2n) is 8.71. The first kappa shape index (κ1) is 27.1. The average Bonchev–Trinajstić information content (AvgIpc) is 3.27. The summed E-state index contributed by atoms with van der Waals surface area (Å²) >= 11 is 0. The Hall–Kier alpha value is -1.10. The Balaban J connectivity index is 0.00000363. The van der Waals surface area contributed by atoms with Crippen LogP contribution >= 0.6 is 24.0 Å². The van der Waals surface area contributed by atoms with E-state index in [2.05, 4.69) is 34.6 Å². The van der Waals surface area contributed by atoms with Gasteiger partial charge in [0.25, 0.3) is 0 Å². The number of likely N-dealkylation sites (tertiary alicyclic amines) is 1. The minimum atomic E-state index is -0.0496. The normalized spacial score (nSPS) is 22.8. The van der Waals surface area contributed by atoms with Gasteiger partial charge in [-0.3, -0.25) is 9.89 Å². The molecule has 3 rings (SSSR count). The van der Waals surface area contributed by atoms with Crippen molar-refractivity contribution in [2.45, 2.75) is 45.1 Å². The van der Waals surface area contributed by atoms with Crippen molar-refractivity contribution in [3.05, 3.63) is 29.8 Å². The van der Waals surface area contributed by atoms with Gasteiger partial charge in [0, 0.05) is 37.3 Å². The Bertz CT molecular complexity index is 692. The molecule has 0 radical (unpaired) electrons. The lowest BCUT2D eigenvalue weighted by molar-refractivity contribution is 0.131. The number of ether oxygens (including phenoxy) is 2. The number of nitrogens with one attached hydrogen (secondary N) is 2. The third-order valence-electron chi connectivity index (χ3n) is 6.54. The SMILES string of the molecule is CCNC(=NCC1(CCO)CCOC1)NCC(c1ccccc1OC)N1CCCCC1.I. The largest absolute Gasteiger partial charge is 0.496 e. The van der Waals surface area contributed by atoms with Gasteiger partial charge in [-0.05, 0) is 51.8 Å². The predicted molar refractivity (Wildman–Crippen MR) is 140 cm³/mol. The zero-order valence-electron chi connectivity index (χ0n) is 19.6. The van der Waals surface area contributed by atoms with Crippen LogP contribution in [0.1, 0.15) is 50.6 Å². The molecule has 0 aliphatic carbocycles. The fourth-order valence-electron chi connectivity index (χ4n) is 4.68. The Morgan fingerprint density at radius 3 is 2.69 bits per heavy atom. The van der Waals surface area contributed by atoms with E-state index in [1.165, 1.54) is 24.8 Å². The maximum Gasteiger partial charge on any atom is 0.191 e. The number of hydrogen-bond donors (Lipinski definition) is 3. The molecule has 7 nitrogen and oxygen atoms in total. The van der Waals surface area contributed by atoms with E-state index in [0.29, 0.717) is 13.2 Å². The summed E-state index contributed by atoms with van der Waals surface area (Å²) in [4.78, 5) is 7.46. The number of rotatable bonds is 10. The highest BCUT2D eigenvalue weighted by atomic mass is 127. The van der Waals surface area contributed by atoms with Gasteiger partial charge in [0.15, 0.2) is 5.96 Å². The maximum absolute atomic E-state index is 9.50. The summed E-state index contributed by atoms with van der Waals surface area (Å²) in [5.74, 6) is 1.76. The second-order valence-corrected chi connectivity index (χ2v) is 8.71. The van der Waals surface area contributed by atoms with Crippen molar-refractivity contribution >= 4 is 29.9 Å². The highest BCUT2D eigenvalue weighted by Crippen LogP contribution is 2.33. The van der Waals surface area contributed by atoms with Crippen LogP contribution in [0.3, 0.4) is 0 Å². The molecular formula is C24H41IN4O3. The molecule has 2 atom stereocenters. The molecule has 0 spiro atoms. The van der Waals surface area contributed by atoms with E-state index in [1.807, 2.05) is 12.1 Å². The topological polar surface area (TPSA) is 78.4 Å². The third-order valence-corrected chi connectivity index (χ3v) is 6.54. The van der Waals surface area contributed by atoms with Gasteiger partial charge in [0.05, 0.1) is 26.3 Å². The van der Waals surface area contributed by atoms with E-state index >= 15 is 0 Å². The summed E-state index contributed by atoms with van der Waals surface area (Å²) in [5, 5.41) is 16.5. The van der Waals surface area contributed by atoms with Gasteiger partial charge in [-0.15, -0.1) is 24.0 Å². The fourth-order valence-corrected chi connectivity index (χ4v) is 4.68. The average molecular weight is 561 g/mol. The van der Waals surface area contributed by atoms with Crippen molar-refractivity contribution in [2.75, 3.05) is 59.7 Å². The fraction of sp³-hybridized carbons (Fsp3) is 0.708. The quantitative estimate of drug-likeness (QED) is 0.232. The van der Waals surface area contributed by atoms with Crippen LogP contribution in [0.25, 0.3) is 0 Å². The number of aliphatic imine (C=N–C) groups is 1. The summed E-state index contributed by atoms with van der Waals surface area (Å²) in [6.07, 6.45) is 5.47. The molecule has 182 valence electrons. The number of aliphatic hydroxyl groups is 1. The lowest BCUT2D eigenvalue weighted by Crippen LogP contribution is -2.45. The zero-order valence-corrected chi connectivity index (χ0v) is 22.0. The third kappa shape index (κ3) is 7.46. The number of guanidine groups is 1. The van der Waals surface area contributed by atoms with Crippen LogP contribution in [0.2, 0.25) is 0 Å². The molecule has 2 fully saturated rings. The monoisotopic (exact) mass is 560 g/mol. The molecule has 0 saturated carbocycles. The lowest BCUT2D eigenvalue weighted by Gasteiger charge is -2.36. The Morgan fingerprint density at radius 1 is 1.25 bits per heavy atom. The van der Waals surface area contributed by atoms with Gasteiger partial charge < -0.3 is 25.2 Å². The number of methoxy groups -OCH3 is 1. The molecule has 2 heterocycles. The Morgan fingerprint density at radius 2 is 2.03 bits per heavy atom. The highest BCUT2D eigenvalue weighted by molar-refractivity contribution is 14.0. The molecule has 1 aromatic rings. The summed E-state index contributed by atoms with van der Waals surface area (Å²) in [5.41, 5.74) is 1.17. The number of para-hydroxylation sites is 1. The molecular weight excluding hydrogens is 519 g/mol. The number of benzene rings is 1. The number of halogens is 1. The first-order valence-corrected chi connectivity index (χ1v) is 11.8. The first-order chi connectivity index (χ1) is 15.2. The predicted octanol–water partition coefficient (Wildman–Crippen LogP) is 3.18. The molecule has 3 N–H and O–H groups in total. The van der Waals surface area contributed by atoms with Gasteiger partial charge in [-0.25, -0.2) is 0 Å². The Kier molecular flexibility index (Phi) is 12.1. The summed E-state index contributed by atoms with van der Waals surface area (Å²) in [6, 6.07) is 8.56. The molecule has 2 saturated heterocycles. The smallest absolute Gasteiger partial charge is 0.191 e. The van der Waals surface area contributed by atoms with E-state index in [4.69, 9.17) is 14.5 Å². The summed E-state index contributed by atoms with van der Waals surface area (Å²) < 4.78 is 11.3. The number of aliphatic hydroxyl groups excluding tert-OH is 1. The van der Waals surface area contributed by atoms with Gasteiger partial charge in [-0.1, -0.05) is 24.6 Å². The van der Waals surface area contributed by atoms with Crippen LogP contribution in [0, 0.1) is 5.41 Å². The summed E-state index contributed by atoms with van der Waals surface area (Å²) in [6.45, 7) is 8.12. The second kappa shape index (κ2) is 14.2. The lowest BCUT2D eigenvalue weighted by atomic mass is 9.84. The molecule has 0 bridgehead atoms. The molecule has 0 amide bonds. The molecule has 2 aliphatic heterocycles. The van der Waals surface area contributed by atoms with Crippen LogP contribution in [0.4, 0.5) is 0 Å². The summed E-state index contributed by atoms with van der Waals surface area (Å²) in [7, 11) is 1.75. The van der Waals surface area contributed by atoms with Crippen LogP contribution < -0.4 is 15.4 Å². The van der Waals surface area contributed by atoms with Crippen molar-refractivity contribution in [2.24, 2.45) is 10.4 Å². The van der Waals surface area contributed by atoms with E-state index in [-0.39, 0.29) is 42.0 Å². The van der Waals surface area contributed by atoms with E-state index in [1.54, 1.807) is 7.11 Å². The molecule has 1 aromatic carbocycles. The maximum atomic E-state index is 9.50. The van der Waals surface area contributed by atoms with E-state index in [0.717, 1.165) is 57.3 Å². The molecule has 2 aliphatic rings. The number of hydrogen-bond acceptors (Lipinski definition) is 5. The molecule has 8 heteroatoms. The van der Waals surface area contributed by atoms with Crippen molar-refractivity contribution in [3.63, 3.8) is 0 Å². The molecule has 32 heavy (non-hydrogen) atoms. The first-order valence-electron chi connectivity index (χ1n) is 11.8. The van der Waals surface area contributed by atoms with Crippen molar-refractivity contribution in [1.82, 2.24) is 15.5 Å². The van der Waals surface area contributed by atoms with E-state index < -0.39 is 0 Å². The minimum Gasteiger partial charge on any atom is -0.496 e. The number of nitrogens with zero attached hydrogens (tertiary/aromatic N) is 2. The van der Waals surface area contributed by atoms with Crippen molar-refractivity contribution in [1.29, 1.82) is 0 Å². The minimum absolute atomic E-state index is 0. The Labute approximate surface area is 210 Å². The zero-order chi connectivity index (χ0) is 21.9. The van der Waals surface area contributed by atoms with Gasteiger partial charge >= 0.3 is 0 Å². The highest BCUT2D eigenvalue weighted by Gasteiger charge is 2.34. The molecule has 2 unspecified atom stereocenters. The number of piperidine rings is 1.